The van der Waals surface area contributed by atoms with Crippen LogP contribution in [0.3, 0.4) is 0 Å². The fourth-order valence-electron chi connectivity index (χ4n) is 3.96. The summed E-state index contributed by atoms with van der Waals surface area (Å²) in [5, 5.41) is 3.63. The largest absolute Gasteiger partial charge is 0.423 e. The van der Waals surface area contributed by atoms with Crippen molar-refractivity contribution in [1.82, 2.24) is 14.9 Å². The molecule has 30 heavy (non-hydrogen) atoms. The Kier molecular flexibility index (Phi) is 4.41. The molecule has 0 aliphatic rings. The minimum absolute atomic E-state index is 0.152. The molecule has 2 heterocycles. The molecular weight excluding hydrogens is 378 g/mol. The van der Waals surface area contributed by atoms with Gasteiger partial charge in [0.05, 0.1) is 17.4 Å². The lowest BCUT2D eigenvalue weighted by molar-refractivity contribution is 0.311. The van der Waals surface area contributed by atoms with E-state index in [-0.39, 0.29) is 11.2 Å². The van der Waals surface area contributed by atoms with Gasteiger partial charge in [-0.25, -0.2) is 9.78 Å². The minimum Gasteiger partial charge on any atom is -0.423 e. The Morgan fingerprint density at radius 2 is 1.70 bits per heavy atom. The second-order valence-corrected chi connectivity index (χ2v) is 7.45. The Morgan fingerprint density at radius 3 is 2.57 bits per heavy atom. The molecule has 0 spiro atoms. The summed E-state index contributed by atoms with van der Waals surface area (Å²) in [6, 6.07) is 20.6. The predicted molar refractivity (Wildman–Crippen MR) is 118 cm³/mol. The molecular formula is C24H19N3O3. The number of fused-ring (bicyclic) bond motifs is 4. The van der Waals surface area contributed by atoms with E-state index >= 15 is 0 Å². The smallest absolute Gasteiger partial charge is 0.336 e. The molecule has 6 nitrogen and oxygen atoms in total. The molecule has 2 aromatic heterocycles. The maximum absolute atomic E-state index is 12.3. The van der Waals surface area contributed by atoms with Gasteiger partial charge in [-0.15, -0.1) is 0 Å². The second-order valence-electron chi connectivity index (χ2n) is 7.45. The van der Waals surface area contributed by atoms with Gasteiger partial charge in [0.1, 0.15) is 11.4 Å². The zero-order valence-corrected chi connectivity index (χ0v) is 16.4. The molecule has 0 amide bonds. The van der Waals surface area contributed by atoms with Crippen molar-refractivity contribution in [3.05, 3.63) is 98.9 Å². The zero-order valence-electron chi connectivity index (χ0n) is 16.4. The average Bonchev–Trinajstić information content (AvgIpc) is 2.73. The number of hydrogen-bond acceptors (Lipinski definition) is 5. The summed E-state index contributed by atoms with van der Waals surface area (Å²) in [5.41, 5.74) is 1.59. The van der Waals surface area contributed by atoms with Gasteiger partial charge in [-0.1, -0.05) is 42.5 Å². The van der Waals surface area contributed by atoms with Crippen molar-refractivity contribution in [1.29, 1.82) is 0 Å². The van der Waals surface area contributed by atoms with Gasteiger partial charge in [-0.2, -0.15) is 0 Å². The van der Waals surface area contributed by atoms with Crippen LogP contribution in [0.5, 0.6) is 0 Å². The van der Waals surface area contributed by atoms with Gasteiger partial charge >= 0.3 is 5.63 Å². The zero-order chi connectivity index (χ0) is 20.7. The quantitative estimate of drug-likeness (QED) is 0.368. The SMILES string of the molecule is CN(Cc1nc2ccccc2c(=O)[nH]1)Cc1cc(=O)oc2ccc3ccccc3c12. The third-order valence-corrected chi connectivity index (χ3v) is 5.24. The normalized spacial score (nSPS) is 11.7. The Labute approximate surface area is 171 Å². The first-order chi connectivity index (χ1) is 14.6. The van der Waals surface area contributed by atoms with Crippen LogP contribution in [0, 0.1) is 0 Å². The first-order valence-electron chi connectivity index (χ1n) is 9.69. The van der Waals surface area contributed by atoms with Crippen LogP contribution >= 0.6 is 0 Å². The van der Waals surface area contributed by atoms with Gasteiger partial charge in [0, 0.05) is 18.0 Å². The number of aromatic nitrogens is 2. The highest BCUT2D eigenvalue weighted by atomic mass is 16.4. The van der Waals surface area contributed by atoms with E-state index in [2.05, 4.69) is 9.97 Å². The number of hydrogen-bond donors (Lipinski definition) is 1. The minimum atomic E-state index is -0.376. The molecule has 0 unspecified atom stereocenters. The highest BCUT2D eigenvalue weighted by molar-refractivity contribution is 6.07. The van der Waals surface area contributed by atoms with E-state index in [1.54, 1.807) is 12.1 Å². The van der Waals surface area contributed by atoms with Crippen LogP contribution in [0.2, 0.25) is 0 Å². The van der Waals surface area contributed by atoms with Gasteiger partial charge in [0.2, 0.25) is 0 Å². The van der Waals surface area contributed by atoms with Crippen molar-refractivity contribution in [2.45, 2.75) is 13.1 Å². The monoisotopic (exact) mass is 397 g/mol. The summed E-state index contributed by atoms with van der Waals surface area (Å²) in [5.74, 6) is 0.582. The molecule has 0 radical (unpaired) electrons. The van der Waals surface area contributed by atoms with E-state index in [1.807, 2.05) is 66.5 Å². The van der Waals surface area contributed by atoms with Crippen LogP contribution in [0.25, 0.3) is 32.6 Å². The van der Waals surface area contributed by atoms with Gasteiger partial charge < -0.3 is 9.40 Å². The Balaban J connectivity index is 1.53. The van der Waals surface area contributed by atoms with E-state index < -0.39 is 0 Å². The standard InChI is InChI=1S/C24H19N3O3/c1-27(14-21-25-19-9-5-4-8-18(19)24(29)26-21)13-16-12-22(28)30-20-11-10-15-6-2-3-7-17(15)23(16)20/h2-12H,13-14H2,1H3,(H,25,26,29). The highest BCUT2D eigenvalue weighted by Gasteiger charge is 2.13. The summed E-state index contributed by atoms with van der Waals surface area (Å²) in [6.07, 6.45) is 0. The Bertz CT molecular complexity index is 1520. The fraction of sp³-hybridized carbons (Fsp3) is 0.125. The van der Waals surface area contributed by atoms with Crippen LogP contribution in [-0.2, 0) is 13.1 Å². The maximum Gasteiger partial charge on any atom is 0.336 e. The van der Waals surface area contributed by atoms with Crippen molar-refractivity contribution < 1.29 is 4.42 Å². The summed E-state index contributed by atoms with van der Waals surface area (Å²) in [7, 11) is 1.93. The van der Waals surface area contributed by atoms with Gasteiger partial charge in [0.15, 0.2) is 0 Å². The van der Waals surface area contributed by atoms with Crippen LogP contribution < -0.4 is 11.2 Å². The maximum atomic E-state index is 12.3. The lowest BCUT2D eigenvalue weighted by Gasteiger charge is -2.18. The topological polar surface area (TPSA) is 79.2 Å². The van der Waals surface area contributed by atoms with Crippen LogP contribution in [0.4, 0.5) is 0 Å². The summed E-state index contributed by atoms with van der Waals surface area (Å²) < 4.78 is 5.44. The molecule has 1 N–H and O–H groups in total. The van der Waals surface area contributed by atoms with Gasteiger partial charge in [-0.3, -0.25) is 9.69 Å². The number of nitrogens with zero attached hydrogens (tertiary/aromatic N) is 2. The molecule has 148 valence electrons. The van der Waals surface area contributed by atoms with Crippen molar-refractivity contribution in [3.63, 3.8) is 0 Å². The van der Waals surface area contributed by atoms with Crippen molar-refractivity contribution in [3.8, 4) is 0 Å². The molecule has 6 heteroatoms. The van der Waals surface area contributed by atoms with E-state index in [0.29, 0.717) is 35.4 Å². The number of aromatic amines is 1. The van der Waals surface area contributed by atoms with Crippen LogP contribution in [0.15, 0.2) is 80.7 Å². The van der Waals surface area contributed by atoms with E-state index in [1.165, 1.54) is 0 Å². The van der Waals surface area contributed by atoms with Crippen molar-refractivity contribution in [2.75, 3.05) is 7.05 Å². The molecule has 0 saturated heterocycles. The lowest BCUT2D eigenvalue weighted by Crippen LogP contribution is -2.22. The number of rotatable bonds is 4. The average molecular weight is 397 g/mol. The van der Waals surface area contributed by atoms with E-state index in [9.17, 15) is 9.59 Å². The van der Waals surface area contributed by atoms with E-state index in [0.717, 1.165) is 21.7 Å². The highest BCUT2D eigenvalue weighted by Crippen LogP contribution is 2.28. The number of para-hydroxylation sites is 1. The molecule has 0 fully saturated rings. The van der Waals surface area contributed by atoms with Gasteiger partial charge in [0.25, 0.3) is 5.56 Å². The summed E-state index contributed by atoms with van der Waals surface area (Å²) in [6.45, 7) is 0.944. The predicted octanol–water partition coefficient (Wildman–Crippen LogP) is 3.81. The lowest BCUT2D eigenvalue weighted by atomic mass is 10.0. The number of H-pyrrole nitrogens is 1. The molecule has 0 saturated carbocycles. The van der Waals surface area contributed by atoms with Crippen LogP contribution in [-0.4, -0.2) is 21.9 Å². The van der Waals surface area contributed by atoms with Gasteiger partial charge in [-0.05, 0) is 41.6 Å². The Morgan fingerprint density at radius 1 is 0.933 bits per heavy atom. The molecule has 5 rings (SSSR count). The molecule has 0 bridgehead atoms. The Hall–Kier alpha value is -3.77. The van der Waals surface area contributed by atoms with Crippen molar-refractivity contribution in [2.24, 2.45) is 0 Å². The first kappa shape index (κ1) is 18.3. The van der Waals surface area contributed by atoms with Crippen LogP contribution in [0.1, 0.15) is 11.4 Å². The number of nitrogens with one attached hydrogen (secondary N) is 1. The van der Waals surface area contributed by atoms with E-state index in [4.69, 9.17) is 4.42 Å². The first-order valence-corrected chi connectivity index (χ1v) is 9.69. The number of benzene rings is 3. The molecule has 0 atom stereocenters. The van der Waals surface area contributed by atoms with Crippen molar-refractivity contribution >= 4 is 32.6 Å². The third-order valence-electron chi connectivity index (χ3n) is 5.24. The fourth-order valence-corrected chi connectivity index (χ4v) is 3.96. The molecule has 3 aromatic carbocycles. The second kappa shape index (κ2) is 7.24. The summed E-state index contributed by atoms with van der Waals surface area (Å²) in [4.78, 5) is 33.9. The molecule has 5 aromatic rings. The molecule has 0 aliphatic carbocycles. The summed E-state index contributed by atoms with van der Waals surface area (Å²) >= 11 is 0. The third kappa shape index (κ3) is 3.27. The molecule has 0 aliphatic heterocycles.